The van der Waals surface area contributed by atoms with Crippen LogP contribution in [0, 0.1) is 0 Å². The summed E-state index contributed by atoms with van der Waals surface area (Å²) in [5.41, 5.74) is 4.52. The number of methoxy groups -OCH3 is 1. The smallest absolute Gasteiger partial charge is 0.337 e. The number of rotatable bonds is 7. The Kier molecular flexibility index (Phi) is 7.61. The van der Waals surface area contributed by atoms with Gasteiger partial charge in [0.2, 0.25) is 5.91 Å². The van der Waals surface area contributed by atoms with Crippen molar-refractivity contribution in [1.82, 2.24) is 4.90 Å². The molecular formula is C28H27ClN4O4. The molecule has 0 saturated carbocycles. The van der Waals surface area contributed by atoms with E-state index in [0.717, 1.165) is 5.56 Å². The minimum atomic E-state index is -0.486. The molecule has 0 radical (unpaired) electrons. The van der Waals surface area contributed by atoms with Crippen LogP contribution in [0.25, 0.3) is 11.3 Å². The largest absolute Gasteiger partial charge is 0.465 e. The highest BCUT2D eigenvalue weighted by atomic mass is 35.5. The first-order chi connectivity index (χ1) is 17.7. The summed E-state index contributed by atoms with van der Waals surface area (Å²) in [7, 11) is 6.64. The van der Waals surface area contributed by atoms with Gasteiger partial charge in [-0.05, 0) is 50.0 Å². The van der Waals surface area contributed by atoms with Crippen molar-refractivity contribution in [3.8, 4) is 0 Å². The maximum Gasteiger partial charge on any atom is 0.337 e. The molecule has 1 aliphatic heterocycles. The minimum absolute atomic E-state index is 0.0924. The number of benzene rings is 3. The molecule has 0 saturated heterocycles. The number of anilines is 3. The molecule has 8 nitrogen and oxygen atoms in total. The zero-order valence-electron chi connectivity index (χ0n) is 21.0. The number of amides is 2. The van der Waals surface area contributed by atoms with Gasteiger partial charge in [0.05, 0.1) is 46.9 Å². The van der Waals surface area contributed by atoms with Gasteiger partial charge in [-0.25, -0.2) is 4.79 Å². The van der Waals surface area contributed by atoms with Gasteiger partial charge in [0, 0.05) is 18.3 Å². The second-order valence-electron chi connectivity index (χ2n) is 8.80. The Labute approximate surface area is 220 Å². The molecular weight excluding hydrogens is 492 g/mol. The minimum Gasteiger partial charge on any atom is -0.465 e. The van der Waals surface area contributed by atoms with Crippen molar-refractivity contribution in [2.24, 2.45) is 0 Å². The number of fused-ring (bicyclic) bond motifs is 1. The molecule has 0 aliphatic carbocycles. The molecule has 0 fully saturated rings. The number of hydrogen-bond acceptors (Lipinski definition) is 6. The Bertz CT molecular complexity index is 1400. The second-order valence-corrected chi connectivity index (χ2v) is 9.21. The highest BCUT2D eigenvalue weighted by Crippen LogP contribution is 2.39. The van der Waals surface area contributed by atoms with Crippen LogP contribution in [0.3, 0.4) is 0 Å². The van der Waals surface area contributed by atoms with Crippen LogP contribution in [-0.2, 0) is 14.3 Å². The summed E-state index contributed by atoms with van der Waals surface area (Å²) in [5, 5.41) is 6.59. The maximum atomic E-state index is 13.2. The van der Waals surface area contributed by atoms with Gasteiger partial charge in [-0.1, -0.05) is 48.0 Å². The number of hydrogen-bond donors (Lipinski definition) is 2. The zero-order chi connectivity index (χ0) is 26.7. The molecule has 0 unspecified atom stereocenters. The highest BCUT2D eigenvalue weighted by Gasteiger charge is 2.29. The van der Waals surface area contributed by atoms with Crippen molar-refractivity contribution in [2.45, 2.75) is 0 Å². The predicted molar refractivity (Wildman–Crippen MR) is 147 cm³/mol. The molecule has 9 heteroatoms. The monoisotopic (exact) mass is 518 g/mol. The Hall–Kier alpha value is -4.14. The Morgan fingerprint density at radius 2 is 1.70 bits per heavy atom. The molecule has 4 rings (SSSR count). The fourth-order valence-electron chi connectivity index (χ4n) is 4.06. The summed E-state index contributed by atoms with van der Waals surface area (Å²) < 4.78 is 4.80. The Balaban J connectivity index is 1.75. The first kappa shape index (κ1) is 25.9. The van der Waals surface area contributed by atoms with Gasteiger partial charge in [-0.15, -0.1) is 0 Å². The summed E-state index contributed by atoms with van der Waals surface area (Å²) in [6, 6.07) is 19.7. The normalized spacial score (nSPS) is 13.6. The number of likely N-dealkylation sites (N-methyl/N-ethyl adjacent to an activating group) is 2. The number of carbonyl (C=O) groups excluding carboxylic acids is 3. The predicted octanol–water partition coefficient (Wildman–Crippen LogP) is 4.58. The van der Waals surface area contributed by atoms with E-state index in [1.807, 2.05) is 44.4 Å². The van der Waals surface area contributed by atoms with Crippen LogP contribution in [-0.4, -0.2) is 57.5 Å². The van der Waals surface area contributed by atoms with E-state index in [-0.39, 0.29) is 18.4 Å². The first-order valence-electron chi connectivity index (χ1n) is 11.5. The third-order valence-corrected chi connectivity index (χ3v) is 6.20. The average Bonchev–Trinajstić information content (AvgIpc) is 3.21. The lowest BCUT2D eigenvalue weighted by atomic mass is 9.99. The van der Waals surface area contributed by atoms with E-state index in [4.69, 9.17) is 16.3 Å². The lowest BCUT2D eigenvalue weighted by molar-refractivity contribution is -0.119. The SMILES string of the molecule is COC(=O)c1ccc2c(c1)NC(=O)/C2=C(\Nc1ccc(N(C)C(=O)CN(C)C)c(Cl)c1)c1ccccc1. The van der Waals surface area contributed by atoms with Gasteiger partial charge in [-0.3, -0.25) is 9.59 Å². The van der Waals surface area contributed by atoms with E-state index in [0.29, 0.717) is 44.5 Å². The van der Waals surface area contributed by atoms with Crippen molar-refractivity contribution in [3.63, 3.8) is 0 Å². The molecule has 0 aromatic heterocycles. The third-order valence-electron chi connectivity index (χ3n) is 5.90. The number of nitrogens with one attached hydrogen (secondary N) is 2. The Morgan fingerprint density at radius 3 is 2.35 bits per heavy atom. The molecule has 2 amide bonds. The molecule has 37 heavy (non-hydrogen) atoms. The van der Waals surface area contributed by atoms with Crippen LogP contribution in [0.5, 0.6) is 0 Å². The third kappa shape index (κ3) is 5.50. The van der Waals surface area contributed by atoms with Crippen LogP contribution in [0.15, 0.2) is 66.7 Å². The maximum absolute atomic E-state index is 13.2. The number of halogens is 1. The van der Waals surface area contributed by atoms with Gasteiger partial charge in [0.15, 0.2) is 0 Å². The van der Waals surface area contributed by atoms with E-state index in [2.05, 4.69) is 10.6 Å². The summed E-state index contributed by atoms with van der Waals surface area (Å²) in [5.74, 6) is -0.884. The second kappa shape index (κ2) is 10.9. The van der Waals surface area contributed by atoms with Crippen molar-refractivity contribution in [1.29, 1.82) is 0 Å². The fourth-order valence-corrected chi connectivity index (χ4v) is 4.37. The molecule has 0 spiro atoms. The molecule has 0 bridgehead atoms. The van der Waals surface area contributed by atoms with Gasteiger partial charge in [0.25, 0.3) is 5.91 Å². The summed E-state index contributed by atoms with van der Waals surface area (Å²) in [4.78, 5) is 40.9. The molecule has 1 aliphatic rings. The number of carbonyl (C=O) groups is 3. The topological polar surface area (TPSA) is 91.0 Å². The van der Waals surface area contributed by atoms with Crippen LogP contribution >= 0.6 is 11.6 Å². The molecule has 1 heterocycles. The summed E-state index contributed by atoms with van der Waals surface area (Å²) >= 11 is 6.58. The molecule has 190 valence electrons. The molecule has 0 atom stereocenters. The van der Waals surface area contributed by atoms with Crippen LogP contribution in [0.2, 0.25) is 5.02 Å². The Morgan fingerprint density at radius 1 is 0.973 bits per heavy atom. The summed E-state index contributed by atoms with van der Waals surface area (Å²) in [6.07, 6.45) is 0. The standard InChI is InChI=1S/C28H27ClN4O4/c1-32(2)16-24(34)33(3)23-13-11-19(15-21(23)29)30-26(17-8-6-5-7-9-17)25-20-12-10-18(28(36)37-4)14-22(20)31-27(25)35/h5-15,30H,16H2,1-4H3,(H,31,35)/b26-25-. The molecule has 3 aromatic rings. The van der Waals surface area contributed by atoms with Crippen molar-refractivity contribution in [3.05, 3.63) is 88.4 Å². The number of nitrogens with zero attached hydrogens (tertiary/aromatic N) is 2. The van der Waals surface area contributed by atoms with Crippen LogP contribution in [0.4, 0.5) is 17.1 Å². The lowest BCUT2D eigenvalue weighted by Crippen LogP contribution is -2.35. The number of ether oxygens (including phenoxy) is 1. The first-order valence-corrected chi connectivity index (χ1v) is 11.9. The number of esters is 1. The molecule has 3 aromatic carbocycles. The average molecular weight is 519 g/mol. The van der Waals surface area contributed by atoms with Gasteiger partial charge >= 0.3 is 5.97 Å². The van der Waals surface area contributed by atoms with E-state index >= 15 is 0 Å². The van der Waals surface area contributed by atoms with Gasteiger partial charge in [0.1, 0.15) is 0 Å². The van der Waals surface area contributed by atoms with Crippen molar-refractivity contribution < 1.29 is 19.1 Å². The summed E-state index contributed by atoms with van der Waals surface area (Å²) in [6.45, 7) is 0.253. The van der Waals surface area contributed by atoms with Crippen LogP contribution < -0.4 is 15.5 Å². The van der Waals surface area contributed by atoms with E-state index in [9.17, 15) is 14.4 Å². The van der Waals surface area contributed by atoms with E-state index in [1.54, 1.807) is 48.3 Å². The van der Waals surface area contributed by atoms with E-state index < -0.39 is 5.97 Å². The van der Waals surface area contributed by atoms with Gasteiger partial charge < -0.3 is 25.2 Å². The quantitative estimate of drug-likeness (QED) is 0.351. The van der Waals surface area contributed by atoms with Gasteiger partial charge in [-0.2, -0.15) is 0 Å². The van der Waals surface area contributed by atoms with Crippen LogP contribution in [0.1, 0.15) is 21.5 Å². The lowest BCUT2D eigenvalue weighted by Gasteiger charge is -2.22. The molecule has 2 N–H and O–H groups in total. The van der Waals surface area contributed by atoms with E-state index in [1.165, 1.54) is 12.0 Å². The highest BCUT2D eigenvalue weighted by molar-refractivity contribution is 6.38. The fraction of sp³-hybridized carbons (Fsp3) is 0.179. The van der Waals surface area contributed by atoms with Crippen molar-refractivity contribution >= 4 is 57.7 Å². The van der Waals surface area contributed by atoms with Crippen molar-refractivity contribution in [2.75, 3.05) is 50.3 Å². The zero-order valence-corrected chi connectivity index (χ0v) is 21.7.